The van der Waals surface area contributed by atoms with E-state index in [-0.39, 0.29) is 0 Å². The van der Waals surface area contributed by atoms with E-state index in [1.165, 1.54) is 0 Å². The number of benzene rings is 1. The second kappa shape index (κ2) is 4.45. The van der Waals surface area contributed by atoms with Crippen LogP contribution in [0.5, 0.6) is 0 Å². The predicted molar refractivity (Wildman–Crippen MR) is 50.1 cm³/mol. The van der Waals surface area contributed by atoms with Crippen molar-refractivity contribution in [3.05, 3.63) is 34.3 Å². The van der Waals surface area contributed by atoms with E-state index in [0.29, 0.717) is 13.2 Å². The molecule has 3 heteroatoms. The molecule has 0 spiro atoms. The van der Waals surface area contributed by atoms with Crippen molar-refractivity contribution in [2.75, 3.05) is 7.11 Å². The molecule has 0 saturated carbocycles. The number of halogens is 1. The molecule has 0 bridgehead atoms. The first-order valence-corrected chi connectivity index (χ1v) is 4.12. The van der Waals surface area contributed by atoms with Crippen LogP contribution >= 0.6 is 11.6 Å². The minimum absolute atomic E-state index is 0.521. The first kappa shape index (κ1) is 9.52. The summed E-state index contributed by atoms with van der Waals surface area (Å²) >= 11 is 5.95. The van der Waals surface area contributed by atoms with Gasteiger partial charge in [-0.1, -0.05) is 23.7 Å². The van der Waals surface area contributed by atoms with Gasteiger partial charge in [0, 0.05) is 18.7 Å². The van der Waals surface area contributed by atoms with Crippen LogP contribution in [0.2, 0.25) is 5.02 Å². The number of rotatable bonds is 3. The van der Waals surface area contributed by atoms with E-state index >= 15 is 0 Å². The average molecular weight is 186 g/mol. The van der Waals surface area contributed by atoms with Gasteiger partial charge in [0.15, 0.2) is 0 Å². The summed E-state index contributed by atoms with van der Waals surface area (Å²) in [4.78, 5) is 0. The Kier molecular flexibility index (Phi) is 3.53. The second-order valence-electron chi connectivity index (χ2n) is 2.56. The van der Waals surface area contributed by atoms with Crippen LogP contribution in [-0.4, -0.2) is 7.11 Å². The zero-order chi connectivity index (χ0) is 8.97. The highest BCUT2D eigenvalue weighted by atomic mass is 35.5. The lowest BCUT2D eigenvalue weighted by Gasteiger charge is -2.04. The average Bonchev–Trinajstić information content (AvgIpc) is 2.09. The van der Waals surface area contributed by atoms with Crippen LogP contribution in [0.15, 0.2) is 18.2 Å². The normalized spacial score (nSPS) is 10.2. The highest BCUT2D eigenvalue weighted by Gasteiger charge is 1.99. The molecule has 12 heavy (non-hydrogen) atoms. The fraction of sp³-hybridized carbons (Fsp3) is 0.333. The van der Waals surface area contributed by atoms with Crippen LogP contribution in [0, 0.1) is 0 Å². The molecule has 2 nitrogen and oxygen atoms in total. The van der Waals surface area contributed by atoms with Gasteiger partial charge in [0.25, 0.3) is 0 Å². The lowest BCUT2D eigenvalue weighted by molar-refractivity contribution is 0.185. The van der Waals surface area contributed by atoms with Crippen molar-refractivity contribution in [1.82, 2.24) is 0 Å². The van der Waals surface area contributed by atoms with E-state index in [2.05, 4.69) is 0 Å². The molecular formula is C9H12ClNO. The molecule has 2 N–H and O–H groups in total. The maximum atomic E-state index is 5.95. The number of nitrogens with two attached hydrogens (primary N) is 1. The maximum Gasteiger partial charge on any atom is 0.0727 e. The van der Waals surface area contributed by atoms with E-state index < -0.39 is 0 Å². The van der Waals surface area contributed by atoms with Gasteiger partial charge in [0.2, 0.25) is 0 Å². The Morgan fingerprint density at radius 3 is 2.75 bits per heavy atom. The van der Waals surface area contributed by atoms with Crippen LogP contribution in [-0.2, 0) is 17.9 Å². The molecule has 0 fully saturated rings. The minimum atomic E-state index is 0.521. The Bertz CT molecular complexity index is 263. The Labute approximate surface area is 77.3 Å². The zero-order valence-corrected chi connectivity index (χ0v) is 7.77. The molecule has 0 aliphatic carbocycles. The van der Waals surface area contributed by atoms with Crippen molar-refractivity contribution in [1.29, 1.82) is 0 Å². The van der Waals surface area contributed by atoms with Gasteiger partial charge < -0.3 is 10.5 Å². The first-order chi connectivity index (χ1) is 5.77. The quantitative estimate of drug-likeness (QED) is 0.781. The standard InChI is InChI=1S/C9H12ClNO/c1-12-6-8-3-2-7(5-11)4-9(8)10/h2-4H,5-6,11H2,1H3. The van der Waals surface area contributed by atoms with Crippen LogP contribution in [0.4, 0.5) is 0 Å². The van der Waals surface area contributed by atoms with Crippen molar-refractivity contribution in [3.63, 3.8) is 0 Å². The predicted octanol–water partition coefficient (Wildman–Crippen LogP) is 1.95. The Morgan fingerprint density at radius 2 is 2.25 bits per heavy atom. The van der Waals surface area contributed by atoms with Crippen molar-refractivity contribution >= 4 is 11.6 Å². The Balaban J connectivity index is 2.87. The molecule has 66 valence electrons. The number of hydrogen-bond donors (Lipinski definition) is 1. The van der Waals surface area contributed by atoms with Gasteiger partial charge >= 0.3 is 0 Å². The van der Waals surface area contributed by atoms with Gasteiger partial charge in [-0.25, -0.2) is 0 Å². The van der Waals surface area contributed by atoms with E-state index in [1.54, 1.807) is 7.11 Å². The molecule has 0 atom stereocenters. The van der Waals surface area contributed by atoms with E-state index in [0.717, 1.165) is 16.1 Å². The molecule has 0 aliphatic heterocycles. The van der Waals surface area contributed by atoms with Crippen molar-refractivity contribution in [2.24, 2.45) is 5.73 Å². The molecule has 0 heterocycles. The van der Waals surface area contributed by atoms with E-state index in [9.17, 15) is 0 Å². The maximum absolute atomic E-state index is 5.95. The third-order valence-electron chi connectivity index (χ3n) is 1.65. The van der Waals surface area contributed by atoms with Gasteiger partial charge in [-0.15, -0.1) is 0 Å². The van der Waals surface area contributed by atoms with Crippen molar-refractivity contribution in [2.45, 2.75) is 13.2 Å². The summed E-state index contributed by atoms with van der Waals surface area (Å²) in [5, 5.41) is 0.722. The zero-order valence-electron chi connectivity index (χ0n) is 7.01. The molecular weight excluding hydrogens is 174 g/mol. The summed E-state index contributed by atoms with van der Waals surface area (Å²) in [6.07, 6.45) is 0. The molecule has 0 aliphatic rings. The summed E-state index contributed by atoms with van der Waals surface area (Å²) in [6, 6.07) is 5.77. The number of ether oxygens (including phenoxy) is 1. The third-order valence-corrected chi connectivity index (χ3v) is 2.00. The monoisotopic (exact) mass is 185 g/mol. The lowest BCUT2D eigenvalue weighted by Crippen LogP contribution is -1.97. The van der Waals surface area contributed by atoms with Gasteiger partial charge in [0.1, 0.15) is 0 Å². The van der Waals surface area contributed by atoms with Gasteiger partial charge in [-0.05, 0) is 17.2 Å². The molecule has 0 aromatic heterocycles. The summed E-state index contributed by atoms with van der Waals surface area (Å²) in [5.41, 5.74) is 7.49. The molecule has 0 saturated heterocycles. The van der Waals surface area contributed by atoms with Crippen LogP contribution in [0.3, 0.4) is 0 Å². The van der Waals surface area contributed by atoms with Gasteiger partial charge in [-0.3, -0.25) is 0 Å². The first-order valence-electron chi connectivity index (χ1n) is 3.74. The molecule has 1 rings (SSSR count). The number of hydrogen-bond acceptors (Lipinski definition) is 2. The molecule has 1 aromatic carbocycles. The smallest absolute Gasteiger partial charge is 0.0727 e. The fourth-order valence-electron chi connectivity index (χ4n) is 0.990. The molecule has 1 aromatic rings. The lowest BCUT2D eigenvalue weighted by atomic mass is 10.1. The summed E-state index contributed by atoms with van der Waals surface area (Å²) < 4.78 is 4.97. The highest BCUT2D eigenvalue weighted by molar-refractivity contribution is 6.31. The SMILES string of the molecule is COCc1ccc(CN)cc1Cl. The van der Waals surface area contributed by atoms with E-state index in [1.807, 2.05) is 18.2 Å². The van der Waals surface area contributed by atoms with Gasteiger partial charge in [0.05, 0.1) is 6.61 Å². The van der Waals surface area contributed by atoms with Crippen molar-refractivity contribution < 1.29 is 4.74 Å². The van der Waals surface area contributed by atoms with Crippen molar-refractivity contribution in [3.8, 4) is 0 Å². The summed E-state index contributed by atoms with van der Waals surface area (Å²) in [6.45, 7) is 1.07. The Hall–Kier alpha value is -0.570. The van der Waals surface area contributed by atoms with Gasteiger partial charge in [-0.2, -0.15) is 0 Å². The highest BCUT2D eigenvalue weighted by Crippen LogP contribution is 2.18. The van der Waals surface area contributed by atoms with Crippen LogP contribution in [0.25, 0.3) is 0 Å². The summed E-state index contributed by atoms with van der Waals surface area (Å²) in [5.74, 6) is 0. The fourth-order valence-corrected chi connectivity index (χ4v) is 1.25. The minimum Gasteiger partial charge on any atom is -0.380 e. The number of methoxy groups -OCH3 is 1. The van der Waals surface area contributed by atoms with Crippen LogP contribution in [0.1, 0.15) is 11.1 Å². The third kappa shape index (κ3) is 2.21. The van der Waals surface area contributed by atoms with E-state index in [4.69, 9.17) is 22.1 Å². The molecule has 0 unspecified atom stereocenters. The van der Waals surface area contributed by atoms with Crippen LogP contribution < -0.4 is 5.73 Å². The summed E-state index contributed by atoms with van der Waals surface area (Å²) in [7, 11) is 1.65. The largest absolute Gasteiger partial charge is 0.380 e. The topological polar surface area (TPSA) is 35.2 Å². The second-order valence-corrected chi connectivity index (χ2v) is 2.97. The molecule has 0 amide bonds. The Morgan fingerprint density at radius 1 is 1.50 bits per heavy atom. The molecule has 0 radical (unpaired) electrons.